The molecule has 0 amide bonds. The van der Waals surface area contributed by atoms with E-state index in [0.717, 1.165) is 16.9 Å². The van der Waals surface area contributed by atoms with Gasteiger partial charge in [0.05, 0.1) is 6.10 Å². The van der Waals surface area contributed by atoms with Crippen LogP contribution in [0.2, 0.25) is 0 Å². The first-order valence-corrected chi connectivity index (χ1v) is 8.14. The maximum absolute atomic E-state index is 12.1. The molecule has 1 aliphatic rings. The van der Waals surface area contributed by atoms with E-state index in [-0.39, 0.29) is 6.54 Å². The van der Waals surface area contributed by atoms with E-state index in [2.05, 4.69) is 4.98 Å². The summed E-state index contributed by atoms with van der Waals surface area (Å²) in [6, 6.07) is 13.3. The van der Waals surface area contributed by atoms with Crippen molar-refractivity contribution in [2.45, 2.75) is 25.9 Å². The van der Waals surface area contributed by atoms with Crippen molar-refractivity contribution in [3.05, 3.63) is 59.9 Å². The summed E-state index contributed by atoms with van der Waals surface area (Å²) in [6.45, 7) is 2.83. The lowest BCUT2D eigenvalue weighted by Gasteiger charge is -2.44. The van der Waals surface area contributed by atoms with Crippen molar-refractivity contribution in [1.82, 2.24) is 4.98 Å². The van der Waals surface area contributed by atoms with E-state index in [0.29, 0.717) is 19.4 Å². The second-order valence-corrected chi connectivity index (χ2v) is 6.51. The highest BCUT2D eigenvalue weighted by Gasteiger charge is 2.49. The molecule has 1 fully saturated rings. The van der Waals surface area contributed by atoms with Crippen LogP contribution in [-0.2, 0) is 11.2 Å². The fraction of sp³-hybridized carbons (Fsp3) is 0.368. The minimum Gasteiger partial charge on any atom is -0.481 e. The third-order valence-electron chi connectivity index (χ3n) is 4.82. The second-order valence-electron chi connectivity index (χ2n) is 6.51. The predicted octanol–water partition coefficient (Wildman–Crippen LogP) is 2.27. The van der Waals surface area contributed by atoms with E-state index in [1.807, 2.05) is 54.3 Å². The van der Waals surface area contributed by atoms with Crippen molar-refractivity contribution < 1.29 is 15.0 Å². The highest BCUT2D eigenvalue weighted by Crippen LogP contribution is 2.36. The Balaban J connectivity index is 1.93. The summed E-state index contributed by atoms with van der Waals surface area (Å²) in [6.07, 6.45) is 1.61. The summed E-state index contributed by atoms with van der Waals surface area (Å²) in [5, 5.41) is 20.5. The van der Waals surface area contributed by atoms with Gasteiger partial charge in [0.2, 0.25) is 0 Å². The van der Waals surface area contributed by atoms with Crippen LogP contribution < -0.4 is 4.90 Å². The molecule has 0 spiro atoms. The zero-order valence-electron chi connectivity index (χ0n) is 13.7. The molecule has 1 saturated heterocycles. The number of aromatic nitrogens is 1. The summed E-state index contributed by atoms with van der Waals surface area (Å²) in [5.41, 5.74) is 1.55. The van der Waals surface area contributed by atoms with Crippen molar-refractivity contribution >= 4 is 11.7 Å². The molecule has 2 N–H and O–H groups in total. The molecule has 2 aromatic rings. The van der Waals surface area contributed by atoms with Crippen LogP contribution in [0.4, 0.5) is 5.69 Å². The van der Waals surface area contributed by atoms with Crippen LogP contribution in [0.5, 0.6) is 0 Å². The zero-order valence-corrected chi connectivity index (χ0v) is 13.7. The number of nitrogens with zero attached hydrogens (tertiary/aromatic N) is 2. The van der Waals surface area contributed by atoms with Crippen LogP contribution in [0.25, 0.3) is 0 Å². The lowest BCUT2D eigenvalue weighted by atomic mass is 9.72. The summed E-state index contributed by atoms with van der Waals surface area (Å²) in [7, 11) is 0. The Morgan fingerprint density at radius 2 is 2.08 bits per heavy atom. The molecule has 2 heterocycles. The zero-order chi connectivity index (χ0) is 17.2. The second kappa shape index (κ2) is 6.61. The molecule has 126 valence electrons. The molecule has 1 aromatic carbocycles. The Morgan fingerprint density at radius 1 is 1.33 bits per heavy atom. The van der Waals surface area contributed by atoms with Gasteiger partial charge in [-0.05, 0) is 37.5 Å². The SMILES string of the molecule is Cc1cc(N2CC[C@H](O)[C@@](Cc3ccccc3)(C(=O)O)C2)ccn1. The number of aliphatic hydroxyl groups is 1. The Labute approximate surface area is 141 Å². The van der Waals surface area contributed by atoms with Gasteiger partial charge in [-0.3, -0.25) is 9.78 Å². The number of hydrogen-bond donors (Lipinski definition) is 2. The number of hydrogen-bond acceptors (Lipinski definition) is 4. The van der Waals surface area contributed by atoms with E-state index < -0.39 is 17.5 Å². The Kier molecular flexibility index (Phi) is 4.53. The van der Waals surface area contributed by atoms with Gasteiger partial charge in [-0.1, -0.05) is 30.3 Å². The van der Waals surface area contributed by atoms with Gasteiger partial charge in [-0.2, -0.15) is 0 Å². The minimum atomic E-state index is -1.21. The topological polar surface area (TPSA) is 73.7 Å². The van der Waals surface area contributed by atoms with Gasteiger partial charge in [0.1, 0.15) is 5.41 Å². The number of carboxylic acids is 1. The van der Waals surface area contributed by atoms with Crippen LogP contribution in [0.3, 0.4) is 0 Å². The average molecular weight is 326 g/mol. The van der Waals surface area contributed by atoms with Crippen molar-refractivity contribution in [3.8, 4) is 0 Å². The number of piperidine rings is 1. The standard InChI is InChI=1S/C19H22N2O3/c1-14-11-16(7-9-20-14)21-10-8-17(22)19(13-21,18(23)24)12-15-5-3-2-4-6-15/h2-7,9,11,17,22H,8,10,12-13H2,1H3,(H,23,24)/t17-,19-/m0/s1. The van der Waals surface area contributed by atoms with Gasteiger partial charge >= 0.3 is 5.97 Å². The highest BCUT2D eigenvalue weighted by atomic mass is 16.4. The van der Waals surface area contributed by atoms with Crippen molar-refractivity contribution in [2.75, 3.05) is 18.0 Å². The maximum Gasteiger partial charge on any atom is 0.314 e. The molecule has 5 heteroatoms. The summed E-state index contributed by atoms with van der Waals surface area (Å²) >= 11 is 0. The first-order valence-electron chi connectivity index (χ1n) is 8.14. The molecule has 0 saturated carbocycles. The molecule has 24 heavy (non-hydrogen) atoms. The van der Waals surface area contributed by atoms with Gasteiger partial charge in [0.25, 0.3) is 0 Å². The molecule has 2 atom stereocenters. The Bertz CT molecular complexity index is 720. The third-order valence-corrected chi connectivity index (χ3v) is 4.82. The van der Waals surface area contributed by atoms with E-state index in [4.69, 9.17) is 0 Å². The molecule has 1 aliphatic heterocycles. The summed E-state index contributed by atoms with van der Waals surface area (Å²) in [4.78, 5) is 18.4. The quantitative estimate of drug-likeness (QED) is 0.902. The number of benzene rings is 1. The molecule has 0 aliphatic carbocycles. The molecule has 0 radical (unpaired) electrons. The van der Waals surface area contributed by atoms with Crippen molar-refractivity contribution in [2.24, 2.45) is 5.41 Å². The Hall–Kier alpha value is -2.40. The summed E-state index contributed by atoms with van der Waals surface area (Å²) < 4.78 is 0. The fourth-order valence-electron chi connectivity index (χ4n) is 3.45. The van der Waals surface area contributed by atoms with Gasteiger partial charge < -0.3 is 15.1 Å². The minimum absolute atomic E-state index is 0.280. The number of pyridine rings is 1. The first kappa shape index (κ1) is 16.5. The first-order chi connectivity index (χ1) is 11.5. The summed E-state index contributed by atoms with van der Waals surface area (Å²) in [5.74, 6) is -0.950. The van der Waals surface area contributed by atoms with E-state index in [9.17, 15) is 15.0 Å². The van der Waals surface area contributed by atoms with Crippen molar-refractivity contribution in [3.63, 3.8) is 0 Å². The molecule has 0 bridgehead atoms. The number of carboxylic acid groups (broad SMARTS) is 1. The van der Waals surface area contributed by atoms with Gasteiger partial charge in [0, 0.05) is 30.7 Å². The molecule has 0 unspecified atom stereocenters. The number of carbonyl (C=O) groups is 1. The van der Waals surface area contributed by atoms with Crippen LogP contribution >= 0.6 is 0 Å². The molecule has 1 aromatic heterocycles. The average Bonchev–Trinajstić information content (AvgIpc) is 2.57. The van der Waals surface area contributed by atoms with E-state index >= 15 is 0 Å². The normalized spacial score (nSPS) is 23.9. The predicted molar refractivity (Wildman–Crippen MR) is 92.0 cm³/mol. The fourth-order valence-corrected chi connectivity index (χ4v) is 3.45. The van der Waals surface area contributed by atoms with E-state index in [1.54, 1.807) is 6.20 Å². The van der Waals surface area contributed by atoms with Gasteiger partial charge in [0.15, 0.2) is 0 Å². The maximum atomic E-state index is 12.1. The van der Waals surface area contributed by atoms with Gasteiger partial charge in [-0.15, -0.1) is 0 Å². The monoisotopic (exact) mass is 326 g/mol. The lowest BCUT2D eigenvalue weighted by molar-refractivity contribution is -0.157. The number of aryl methyl sites for hydroxylation is 1. The number of rotatable bonds is 4. The van der Waals surface area contributed by atoms with Gasteiger partial charge in [-0.25, -0.2) is 0 Å². The molecule has 5 nitrogen and oxygen atoms in total. The largest absolute Gasteiger partial charge is 0.481 e. The smallest absolute Gasteiger partial charge is 0.314 e. The highest BCUT2D eigenvalue weighted by molar-refractivity contribution is 5.77. The van der Waals surface area contributed by atoms with E-state index in [1.165, 1.54) is 0 Å². The van der Waals surface area contributed by atoms with Crippen LogP contribution in [-0.4, -0.2) is 40.4 Å². The molecular weight excluding hydrogens is 304 g/mol. The van der Waals surface area contributed by atoms with Crippen LogP contribution in [0.15, 0.2) is 48.7 Å². The number of anilines is 1. The van der Waals surface area contributed by atoms with Crippen LogP contribution in [0.1, 0.15) is 17.7 Å². The third kappa shape index (κ3) is 3.12. The number of aliphatic hydroxyl groups excluding tert-OH is 1. The number of aliphatic carboxylic acids is 1. The lowest BCUT2D eigenvalue weighted by Crippen LogP contribution is -2.57. The molecule has 3 rings (SSSR count). The molecular formula is C19H22N2O3. The van der Waals surface area contributed by atoms with Crippen molar-refractivity contribution in [1.29, 1.82) is 0 Å². The van der Waals surface area contributed by atoms with Crippen LogP contribution in [0, 0.1) is 12.3 Å². The Morgan fingerprint density at radius 3 is 2.75 bits per heavy atom.